The molecule has 31 heavy (non-hydrogen) atoms. The van der Waals surface area contributed by atoms with Crippen LogP contribution in [0.4, 0.5) is 0 Å². The van der Waals surface area contributed by atoms with Crippen LogP contribution in [-0.4, -0.2) is 22.8 Å². The van der Waals surface area contributed by atoms with Crippen LogP contribution in [0.1, 0.15) is 45.6 Å². The van der Waals surface area contributed by atoms with Crippen molar-refractivity contribution in [3.63, 3.8) is 0 Å². The van der Waals surface area contributed by atoms with Crippen LogP contribution >= 0.6 is 0 Å². The number of nitrogens with zero attached hydrogens (tertiary/aromatic N) is 2. The van der Waals surface area contributed by atoms with E-state index in [4.69, 9.17) is 4.74 Å². The number of aryl methyl sites for hydroxylation is 2. The number of rotatable bonds is 6. The molecule has 0 saturated heterocycles. The van der Waals surface area contributed by atoms with E-state index < -0.39 is 0 Å². The lowest BCUT2D eigenvalue weighted by molar-refractivity contribution is 0.0940. The molecule has 3 aromatic carbocycles. The monoisotopic (exact) mass is 413 g/mol. The summed E-state index contributed by atoms with van der Waals surface area (Å²) in [5.74, 6) is 0.719. The zero-order valence-corrected chi connectivity index (χ0v) is 18.3. The number of methoxy groups -OCH3 is 1. The predicted molar refractivity (Wildman–Crippen MR) is 124 cm³/mol. The Kier molecular flexibility index (Phi) is 5.76. The fourth-order valence-corrected chi connectivity index (χ4v) is 3.68. The normalized spacial score (nSPS) is 12.0. The molecular formula is C26H27N3O2. The summed E-state index contributed by atoms with van der Waals surface area (Å²) in [5, 5.41) is 8.63. The maximum absolute atomic E-state index is 12.9. The Morgan fingerprint density at radius 2 is 1.90 bits per heavy atom. The van der Waals surface area contributed by atoms with Gasteiger partial charge in [-0.1, -0.05) is 36.4 Å². The van der Waals surface area contributed by atoms with Gasteiger partial charge in [0.1, 0.15) is 5.75 Å². The Morgan fingerprint density at radius 3 is 2.68 bits per heavy atom. The molecule has 1 heterocycles. The number of carbonyl (C=O) groups excluding carboxylic acids is 1. The van der Waals surface area contributed by atoms with Gasteiger partial charge in [0.2, 0.25) is 0 Å². The van der Waals surface area contributed by atoms with E-state index in [2.05, 4.69) is 42.5 Å². The van der Waals surface area contributed by atoms with Crippen LogP contribution in [-0.2, 0) is 6.54 Å². The number of benzene rings is 3. The van der Waals surface area contributed by atoms with Gasteiger partial charge in [0.15, 0.2) is 0 Å². The molecule has 0 spiro atoms. The summed E-state index contributed by atoms with van der Waals surface area (Å²) in [7, 11) is 1.66. The van der Waals surface area contributed by atoms with Crippen LogP contribution in [0.15, 0.2) is 66.9 Å². The van der Waals surface area contributed by atoms with Crippen LogP contribution in [0, 0.1) is 13.8 Å². The minimum atomic E-state index is -0.0956. The molecule has 4 aromatic rings. The van der Waals surface area contributed by atoms with Crippen molar-refractivity contribution in [2.24, 2.45) is 0 Å². The third kappa shape index (κ3) is 4.45. The second-order valence-electron chi connectivity index (χ2n) is 7.97. The van der Waals surface area contributed by atoms with Crippen LogP contribution in [0.25, 0.3) is 10.9 Å². The van der Waals surface area contributed by atoms with E-state index in [0.717, 1.165) is 27.8 Å². The molecule has 4 rings (SSSR count). The smallest absolute Gasteiger partial charge is 0.251 e. The quantitative estimate of drug-likeness (QED) is 0.473. The van der Waals surface area contributed by atoms with E-state index in [1.807, 2.05) is 60.3 Å². The molecule has 1 N–H and O–H groups in total. The van der Waals surface area contributed by atoms with Gasteiger partial charge in [-0.15, -0.1) is 0 Å². The van der Waals surface area contributed by atoms with Gasteiger partial charge < -0.3 is 10.1 Å². The van der Waals surface area contributed by atoms with Crippen molar-refractivity contribution in [2.75, 3.05) is 7.11 Å². The molecule has 0 aliphatic heterocycles. The van der Waals surface area contributed by atoms with Crippen LogP contribution < -0.4 is 10.1 Å². The van der Waals surface area contributed by atoms with Crippen molar-refractivity contribution in [2.45, 2.75) is 33.4 Å². The lowest BCUT2D eigenvalue weighted by Crippen LogP contribution is -2.26. The van der Waals surface area contributed by atoms with E-state index in [0.29, 0.717) is 12.1 Å². The molecule has 0 saturated carbocycles. The van der Waals surface area contributed by atoms with Crippen molar-refractivity contribution in [3.8, 4) is 5.75 Å². The standard InChI is InChI=1S/C26H27N3O2/c1-17-8-9-21(12-18(17)2)19(3)28-26(30)22-10-11-23-15-27-29(25(23)14-22)16-20-6-5-7-24(13-20)31-4/h5-15,19H,16H2,1-4H3,(H,28,30). The number of fused-ring (bicyclic) bond motifs is 1. The highest BCUT2D eigenvalue weighted by atomic mass is 16.5. The Hall–Kier alpha value is -3.60. The van der Waals surface area contributed by atoms with Gasteiger partial charge >= 0.3 is 0 Å². The predicted octanol–water partition coefficient (Wildman–Crippen LogP) is 5.20. The minimum absolute atomic E-state index is 0.0795. The Balaban J connectivity index is 1.55. The first kappa shape index (κ1) is 20.7. The lowest BCUT2D eigenvalue weighted by atomic mass is 10.0. The van der Waals surface area contributed by atoms with Gasteiger partial charge in [-0.25, -0.2) is 0 Å². The number of ether oxygens (including phenoxy) is 1. The zero-order valence-electron chi connectivity index (χ0n) is 18.3. The van der Waals surface area contributed by atoms with E-state index >= 15 is 0 Å². The first-order valence-electron chi connectivity index (χ1n) is 10.4. The SMILES string of the molecule is COc1cccc(Cn2ncc3ccc(C(=O)NC(C)c4ccc(C)c(C)c4)cc32)c1. The van der Waals surface area contributed by atoms with Crippen molar-refractivity contribution in [1.82, 2.24) is 15.1 Å². The molecule has 1 atom stereocenters. The number of amides is 1. The first-order chi connectivity index (χ1) is 14.9. The van der Waals surface area contributed by atoms with Crippen LogP contribution in [0.2, 0.25) is 0 Å². The molecule has 5 nitrogen and oxygen atoms in total. The topological polar surface area (TPSA) is 56.2 Å². The average molecular weight is 414 g/mol. The Bertz CT molecular complexity index is 1240. The highest BCUT2D eigenvalue weighted by Crippen LogP contribution is 2.21. The fraction of sp³-hybridized carbons (Fsp3) is 0.231. The molecule has 0 bridgehead atoms. The van der Waals surface area contributed by atoms with Gasteiger partial charge in [0.05, 0.1) is 31.4 Å². The molecule has 1 amide bonds. The number of hydrogen-bond donors (Lipinski definition) is 1. The molecule has 0 aliphatic rings. The summed E-state index contributed by atoms with van der Waals surface area (Å²) in [6, 6.07) is 19.8. The highest BCUT2D eigenvalue weighted by molar-refractivity contribution is 5.98. The van der Waals surface area contributed by atoms with E-state index in [9.17, 15) is 4.79 Å². The highest BCUT2D eigenvalue weighted by Gasteiger charge is 2.14. The molecule has 1 unspecified atom stereocenters. The average Bonchev–Trinajstić information content (AvgIpc) is 3.17. The lowest BCUT2D eigenvalue weighted by Gasteiger charge is -2.16. The summed E-state index contributed by atoms with van der Waals surface area (Å²) in [6.45, 7) is 6.79. The fourth-order valence-electron chi connectivity index (χ4n) is 3.68. The zero-order chi connectivity index (χ0) is 22.0. The van der Waals surface area contributed by atoms with Crippen molar-refractivity contribution >= 4 is 16.8 Å². The largest absolute Gasteiger partial charge is 0.497 e. The van der Waals surface area contributed by atoms with Crippen LogP contribution in [0.5, 0.6) is 5.75 Å². The van der Waals surface area contributed by atoms with Crippen molar-refractivity contribution in [3.05, 3.63) is 94.7 Å². The second-order valence-corrected chi connectivity index (χ2v) is 7.97. The van der Waals surface area contributed by atoms with E-state index in [-0.39, 0.29) is 11.9 Å². The number of carbonyl (C=O) groups is 1. The molecule has 0 radical (unpaired) electrons. The third-order valence-electron chi connectivity index (χ3n) is 5.75. The van der Waals surface area contributed by atoms with E-state index in [1.165, 1.54) is 11.1 Å². The number of aromatic nitrogens is 2. The van der Waals surface area contributed by atoms with Crippen LogP contribution in [0.3, 0.4) is 0 Å². The summed E-state index contributed by atoms with van der Waals surface area (Å²) in [6.07, 6.45) is 1.83. The minimum Gasteiger partial charge on any atom is -0.497 e. The molecule has 5 heteroatoms. The molecule has 1 aromatic heterocycles. The maximum atomic E-state index is 12.9. The summed E-state index contributed by atoms with van der Waals surface area (Å²) < 4.78 is 7.23. The van der Waals surface area contributed by atoms with Gasteiger partial charge in [-0.2, -0.15) is 5.10 Å². The summed E-state index contributed by atoms with van der Waals surface area (Å²) in [4.78, 5) is 12.9. The van der Waals surface area contributed by atoms with E-state index in [1.54, 1.807) is 7.11 Å². The number of hydrogen-bond acceptors (Lipinski definition) is 3. The Labute approximate surface area is 182 Å². The second kappa shape index (κ2) is 8.64. The van der Waals surface area contributed by atoms with Gasteiger partial charge in [-0.3, -0.25) is 9.48 Å². The summed E-state index contributed by atoms with van der Waals surface area (Å²) in [5.41, 5.74) is 6.20. The first-order valence-corrected chi connectivity index (χ1v) is 10.4. The Morgan fingerprint density at radius 1 is 1.06 bits per heavy atom. The van der Waals surface area contributed by atoms with Gasteiger partial charge in [0, 0.05) is 10.9 Å². The molecule has 158 valence electrons. The van der Waals surface area contributed by atoms with Crippen molar-refractivity contribution in [1.29, 1.82) is 0 Å². The summed E-state index contributed by atoms with van der Waals surface area (Å²) >= 11 is 0. The third-order valence-corrected chi connectivity index (χ3v) is 5.75. The number of nitrogens with one attached hydrogen (secondary N) is 1. The molecule has 0 fully saturated rings. The molecular weight excluding hydrogens is 386 g/mol. The van der Waals surface area contributed by atoms with Gasteiger partial charge in [0.25, 0.3) is 5.91 Å². The maximum Gasteiger partial charge on any atom is 0.251 e. The van der Waals surface area contributed by atoms with Gasteiger partial charge in [-0.05, 0) is 67.3 Å². The molecule has 0 aliphatic carbocycles. The van der Waals surface area contributed by atoms with Crippen molar-refractivity contribution < 1.29 is 9.53 Å².